The second-order valence-electron chi connectivity index (χ2n) is 14.4. The molecule has 2 aromatic rings. The van der Waals surface area contributed by atoms with Gasteiger partial charge in [-0.3, -0.25) is 9.79 Å². The number of aromatic nitrogens is 1. The lowest BCUT2D eigenvalue weighted by Gasteiger charge is -2.67. The van der Waals surface area contributed by atoms with Crippen molar-refractivity contribution in [3.8, 4) is 0 Å². The molecule has 1 aromatic carbocycles. The van der Waals surface area contributed by atoms with Gasteiger partial charge < -0.3 is 29.6 Å². The molecule has 3 N–H and O–H groups in total. The number of carbonyl (C=O) groups is 1. The van der Waals surface area contributed by atoms with Crippen LogP contribution in [0, 0.1) is 11.3 Å². The molecule has 1 amide bonds. The van der Waals surface area contributed by atoms with E-state index in [1.807, 2.05) is 6.92 Å². The lowest BCUT2D eigenvalue weighted by atomic mass is 9.41. The lowest BCUT2D eigenvalue weighted by Crippen LogP contribution is -2.75. The second kappa shape index (κ2) is 9.74. The normalized spacial score (nSPS) is 39.7. The molecule has 0 radical (unpaired) electrons. The van der Waals surface area contributed by atoms with Crippen LogP contribution in [0.4, 0.5) is 0 Å². The van der Waals surface area contributed by atoms with Crippen molar-refractivity contribution in [1.82, 2.24) is 10.3 Å². The maximum atomic E-state index is 13.6. The van der Waals surface area contributed by atoms with Crippen LogP contribution in [0.3, 0.4) is 0 Å². The summed E-state index contributed by atoms with van der Waals surface area (Å²) in [6.07, 6.45) is 5.72. The smallest absolute Gasteiger partial charge is 0.246 e. The zero-order valence-corrected chi connectivity index (χ0v) is 26.5. The first-order valence-corrected chi connectivity index (χ1v) is 16.3. The second-order valence-corrected chi connectivity index (χ2v) is 14.4. The molecule has 3 heterocycles. The Hall–Kier alpha value is -2.52. The number of amides is 1. The zero-order chi connectivity index (χ0) is 30.4. The van der Waals surface area contributed by atoms with Crippen molar-refractivity contribution in [2.45, 2.75) is 115 Å². The van der Waals surface area contributed by atoms with Gasteiger partial charge in [-0.15, -0.1) is 0 Å². The largest absolute Gasteiger partial charge is 0.382 e. The Balaban J connectivity index is 1.40. The van der Waals surface area contributed by atoms with Crippen LogP contribution in [0.25, 0.3) is 10.9 Å². The molecule has 7 rings (SSSR count). The van der Waals surface area contributed by atoms with Crippen molar-refractivity contribution >= 4 is 22.5 Å². The van der Waals surface area contributed by atoms with Crippen LogP contribution in [0.1, 0.15) is 84.9 Å². The Morgan fingerprint density at radius 1 is 1.16 bits per heavy atom. The number of aromatic amines is 1. The zero-order valence-electron chi connectivity index (χ0n) is 26.5. The van der Waals surface area contributed by atoms with Crippen LogP contribution < -0.4 is 5.32 Å². The number of H-pyrrole nitrogens is 1. The molecule has 2 bridgehead atoms. The third kappa shape index (κ3) is 3.76. The summed E-state index contributed by atoms with van der Waals surface area (Å²) in [4.78, 5) is 21.6. The molecule has 3 fully saturated rings. The maximum Gasteiger partial charge on any atom is 0.246 e. The van der Waals surface area contributed by atoms with E-state index in [0.29, 0.717) is 37.9 Å². The van der Waals surface area contributed by atoms with E-state index in [2.05, 4.69) is 75.3 Å². The number of carbonyl (C=O) groups excluding carboxylic acids is 1. The van der Waals surface area contributed by atoms with Gasteiger partial charge in [0.15, 0.2) is 5.79 Å². The number of aliphatic imine (C=N–C) groups is 1. The highest BCUT2D eigenvalue weighted by Crippen LogP contribution is 2.72. The van der Waals surface area contributed by atoms with E-state index in [9.17, 15) is 9.90 Å². The fraction of sp³-hybridized carbons (Fsp3) is 0.657. The highest BCUT2D eigenvalue weighted by molar-refractivity contribution is 6.02. The number of rotatable bonds is 7. The first kappa shape index (κ1) is 29.2. The highest BCUT2D eigenvalue weighted by Gasteiger charge is 2.77. The molecule has 1 spiro atoms. The van der Waals surface area contributed by atoms with E-state index in [0.717, 1.165) is 30.5 Å². The summed E-state index contributed by atoms with van der Waals surface area (Å²) in [6.45, 7) is 14.0. The molecule has 5 aliphatic rings. The van der Waals surface area contributed by atoms with Crippen molar-refractivity contribution in [3.05, 3.63) is 47.2 Å². The number of nitrogens with zero attached hydrogens (tertiary/aromatic N) is 1. The number of hydrogen-bond donors (Lipinski definition) is 3. The number of benzene rings is 1. The van der Waals surface area contributed by atoms with E-state index >= 15 is 0 Å². The number of hydrogen-bond acceptors (Lipinski definition) is 6. The Morgan fingerprint density at radius 2 is 1.95 bits per heavy atom. The standard InChI is InChI=1S/C35H47N3O5/c1-7-15-36-25-19-26-34(42-30(25)31(3,4)43-34)14-13-32(5)33(6)21(17-23-22-11-9-10-12-24(22)38-29(23)33)18-27(35(26,32)40)41-20-28(39)37-16-8-2/h9-12,19,21,27,30,38,40H,7-8,13-18,20H2,1-6H3,(H,37,39)/b36-25+/t21-,27+,30+,32?,33-,34?,35+/m1/s1. The summed E-state index contributed by atoms with van der Waals surface area (Å²) in [6, 6.07) is 8.51. The average Bonchev–Trinajstić information content (AvgIpc) is 3.56. The summed E-state index contributed by atoms with van der Waals surface area (Å²) in [7, 11) is 0. The van der Waals surface area contributed by atoms with Gasteiger partial charge in [0.05, 0.1) is 17.4 Å². The van der Waals surface area contributed by atoms with Gasteiger partial charge in [0.1, 0.15) is 18.3 Å². The van der Waals surface area contributed by atoms with Crippen LogP contribution in [0.15, 0.2) is 40.9 Å². The molecule has 1 saturated heterocycles. The number of ether oxygens (including phenoxy) is 3. The highest BCUT2D eigenvalue weighted by atomic mass is 16.8. The third-order valence-corrected chi connectivity index (χ3v) is 11.8. The van der Waals surface area contributed by atoms with E-state index in [4.69, 9.17) is 19.2 Å². The van der Waals surface area contributed by atoms with Crippen molar-refractivity contribution in [2.75, 3.05) is 19.7 Å². The van der Waals surface area contributed by atoms with Crippen LogP contribution in [-0.4, -0.2) is 70.6 Å². The first-order valence-electron chi connectivity index (χ1n) is 16.3. The average molecular weight is 590 g/mol. The Kier molecular flexibility index (Phi) is 6.61. The number of fused-ring (bicyclic) bond motifs is 9. The molecule has 3 aliphatic carbocycles. The molecular formula is C35H47N3O5. The van der Waals surface area contributed by atoms with Gasteiger partial charge in [0.2, 0.25) is 5.91 Å². The van der Waals surface area contributed by atoms with Crippen molar-refractivity contribution < 1.29 is 24.1 Å². The van der Waals surface area contributed by atoms with Crippen LogP contribution in [0.5, 0.6) is 0 Å². The van der Waals surface area contributed by atoms with Gasteiger partial charge in [-0.25, -0.2) is 0 Å². The van der Waals surface area contributed by atoms with Crippen molar-refractivity contribution in [3.63, 3.8) is 0 Å². The minimum absolute atomic E-state index is 0.104. The topological polar surface area (TPSA) is 105 Å². The van der Waals surface area contributed by atoms with Crippen LogP contribution in [0.2, 0.25) is 0 Å². The van der Waals surface area contributed by atoms with Gasteiger partial charge in [0.25, 0.3) is 0 Å². The van der Waals surface area contributed by atoms with Gasteiger partial charge >= 0.3 is 0 Å². The fourth-order valence-electron chi connectivity index (χ4n) is 9.47. The Bertz CT molecular complexity index is 1530. The molecule has 2 saturated carbocycles. The molecular weight excluding hydrogens is 542 g/mol. The number of nitrogens with one attached hydrogen (secondary N) is 2. The molecule has 1 aromatic heterocycles. The van der Waals surface area contributed by atoms with Crippen LogP contribution in [-0.2, 0) is 30.8 Å². The molecule has 2 unspecified atom stereocenters. The van der Waals surface area contributed by atoms with E-state index in [-0.39, 0.29) is 30.0 Å². The predicted molar refractivity (Wildman–Crippen MR) is 166 cm³/mol. The summed E-state index contributed by atoms with van der Waals surface area (Å²) in [5, 5.41) is 17.8. The van der Waals surface area contributed by atoms with Crippen LogP contribution >= 0.6 is 0 Å². The Labute approximate surface area is 254 Å². The molecule has 232 valence electrons. The number of para-hydroxylation sites is 1. The Morgan fingerprint density at radius 3 is 2.72 bits per heavy atom. The maximum absolute atomic E-state index is 13.6. The lowest BCUT2D eigenvalue weighted by molar-refractivity contribution is -0.278. The quantitative estimate of drug-likeness (QED) is 0.416. The van der Waals surface area contributed by atoms with Gasteiger partial charge in [-0.1, -0.05) is 45.9 Å². The number of aliphatic hydroxyl groups is 1. The summed E-state index contributed by atoms with van der Waals surface area (Å²) in [5.41, 5.74) is 2.10. The molecule has 7 atom stereocenters. The third-order valence-electron chi connectivity index (χ3n) is 11.8. The summed E-state index contributed by atoms with van der Waals surface area (Å²) < 4.78 is 20.2. The molecule has 2 aliphatic heterocycles. The molecule has 8 nitrogen and oxygen atoms in total. The minimum atomic E-state index is -1.47. The van der Waals surface area contributed by atoms with Gasteiger partial charge in [0, 0.05) is 52.5 Å². The summed E-state index contributed by atoms with van der Waals surface area (Å²) in [5.74, 6) is -0.996. The molecule has 43 heavy (non-hydrogen) atoms. The van der Waals surface area contributed by atoms with E-state index in [1.165, 1.54) is 16.6 Å². The minimum Gasteiger partial charge on any atom is -0.382 e. The monoisotopic (exact) mass is 589 g/mol. The SMILES string of the molecule is CCC/N=C1\C=C2C3(CCC4(C)[C@@]5(C)c6[nH]c7ccccc7c6C[C@@H]5C[C@H](OCC(=O)NCCC)[C@@]24O)O[C@@H]1C(C)(C)O3. The van der Waals surface area contributed by atoms with E-state index in [1.54, 1.807) is 0 Å². The predicted octanol–water partition coefficient (Wildman–Crippen LogP) is 5.13. The first-order chi connectivity index (χ1) is 20.4. The van der Waals surface area contributed by atoms with Gasteiger partial charge in [-0.05, 0) is 69.6 Å². The molecule has 8 heteroatoms. The van der Waals surface area contributed by atoms with Crippen molar-refractivity contribution in [2.24, 2.45) is 16.3 Å². The van der Waals surface area contributed by atoms with Gasteiger partial charge in [-0.2, -0.15) is 0 Å². The fourth-order valence-corrected chi connectivity index (χ4v) is 9.47. The summed E-state index contributed by atoms with van der Waals surface area (Å²) >= 11 is 0. The van der Waals surface area contributed by atoms with E-state index < -0.39 is 28.5 Å². The van der Waals surface area contributed by atoms with Crippen molar-refractivity contribution in [1.29, 1.82) is 0 Å².